The van der Waals surface area contributed by atoms with Crippen LogP contribution in [0.4, 0.5) is 0 Å². The Kier molecular flexibility index (Phi) is 4.27. The van der Waals surface area contributed by atoms with Gasteiger partial charge in [0.15, 0.2) is 0 Å². The Bertz CT molecular complexity index is 619. The van der Waals surface area contributed by atoms with Crippen molar-refractivity contribution in [1.29, 1.82) is 0 Å². The summed E-state index contributed by atoms with van der Waals surface area (Å²) in [6, 6.07) is 0. The van der Waals surface area contributed by atoms with E-state index in [2.05, 4.69) is 6.58 Å². The molecule has 5 unspecified atom stereocenters. The van der Waals surface area contributed by atoms with Gasteiger partial charge in [0.1, 0.15) is 12.1 Å². The van der Waals surface area contributed by atoms with E-state index in [9.17, 15) is 19.8 Å². The minimum absolute atomic E-state index is 0.141. The molecule has 4 aliphatic carbocycles. The second-order valence-corrected chi connectivity index (χ2v) is 8.52. The average Bonchev–Trinajstić information content (AvgIpc) is 2.47. The molecule has 4 rings (SSSR count). The van der Waals surface area contributed by atoms with Gasteiger partial charge in [-0.2, -0.15) is 0 Å². The molecule has 0 aromatic carbocycles. The number of aliphatic hydroxyl groups is 2. The number of hydrogen-bond donors (Lipinski definition) is 2. The smallest absolute Gasteiger partial charge is 0.326 e. The quantitative estimate of drug-likeness (QED) is 0.577. The van der Waals surface area contributed by atoms with Crippen LogP contribution < -0.4 is 0 Å². The number of esters is 1. The van der Waals surface area contributed by atoms with E-state index in [0.717, 1.165) is 0 Å². The summed E-state index contributed by atoms with van der Waals surface area (Å²) < 4.78 is 5.87. The molecule has 4 saturated carbocycles. The zero-order valence-electron chi connectivity index (χ0n) is 15.4. The Balaban J connectivity index is 1.76. The summed E-state index contributed by atoms with van der Waals surface area (Å²) in [5.41, 5.74) is -2.40. The summed E-state index contributed by atoms with van der Waals surface area (Å²) in [6.45, 7) is 9.20. The highest BCUT2D eigenvalue weighted by atomic mass is 16.6. The molecule has 25 heavy (non-hydrogen) atoms. The summed E-state index contributed by atoms with van der Waals surface area (Å²) in [7, 11) is 0. The van der Waals surface area contributed by atoms with E-state index < -0.39 is 22.8 Å². The van der Waals surface area contributed by atoms with Gasteiger partial charge >= 0.3 is 5.97 Å². The van der Waals surface area contributed by atoms with Crippen molar-refractivity contribution in [2.75, 3.05) is 13.1 Å². The molecule has 0 aliphatic heterocycles. The normalized spacial score (nSPS) is 41.5. The van der Waals surface area contributed by atoms with E-state index in [1.54, 1.807) is 13.8 Å². The van der Waals surface area contributed by atoms with Crippen LogP contribution in [-0.4, -0.2) is 56.9 Å². The number of hydrogen-bond acceptors (Lipinski definition) is 5. The van der Waals surface area contributed by atoms with Crippen molar-refractivity contribution in [2.24, 2.45) is 11.8 Å². The van der Waals surface area contributed by atoms with Crippen LogP contribution in [0.15, 0.2) is 12.2 Å². The maximum absolute atomic E-state index is 12.6. The van der Waals surface area contributed by atoms with Gasteiger partial charge in [0.05, 0.1) is 11.2 Å². The van der Waals surface area contributed by atoms with Crippen LogP contribution in [0.2, 0.25) is 0 Å². The molecular formula is C19H29NO5. The summed E-state index contributed by atoms with van der Waals surface area (Å²) >= 11 is 0. The highest BCUT2D eigenvalue weighted by Gasteiger charge is 2.68. The number of amides is 1. The van der Waals surface area contributed by atoms with E-state index in [1.807, 2.05) is 6.92 Å². The first kappa shape index (κ1) is 18.4. The Hall–Kier alpha value is -1.40. The number of carbonyl (C=O) groups excluding carboxylic acids is 2. The minimum atomic E-state index is -0.980. The molecule has 0 radical (unpaired) electrons. The standard InChI is InChI=1S/C19H29NO5/c1-5-20(16(22)12(2)3)9-15(21)25-19-8-14-6-17(23,11-19)10-18(24,7-14)13(19)4/h13-14,23-24H,2,5-11H2,1,3-4H3. The van der Waals surface area contributed by atoms with Crippen LogP contribution in [-0.2, 0) is 14.3 Å². The molecule has 0 spiro atoms. The second kappa shape index (κ2) is 5.81. The molecular weight excluding hydrogens is 322 g/mol. The SMILES string of the molecule is C=C(C)C(=O)N(CC)CC(=O)OC12CC3CC(O)(CC(O)(C3)C1C)C2. The van der Waals surface area contributed by atoms with Crippen LogP contribution >= 0.6 is 0 Å². The van der Waals surface area contributed by atoms with Crippen molar-refractivity contribution in [3.05, 3.63) is 12.2 Å². The Morgan fingerprint density at radius 1 is 1.24 bits per heavy atom. The van der Waals surface area contributed by atoms with E-state index in [-0.39, 0.29) is 24.3 Å². The van der Waals surface area contributed by atoms with E-state index >= 15 is 0 Å². The van der Waals surface area contributed by atoms with E-state index in [0.29, 0.717) is 44.2 Å². The highest BCUT2D eigenvalue weighted by Crippen LogP contribution is 2.63. The lowest BCUT2D eigenvalue weighted by molar-refractivity contribution is -0.290. The summed E-state index contributed by atoms with van der Waals surface area (Å²) in [4.78, 5) is 26.0. The van der Waals surface area contributed by atoms with E-state index in [4.69, 9.17) is 4.74 Å². The topological polar surface area (TPSA) is 87.1 Å². The molecule has 0 aromatic rings. The predicted octanol–water partition coefficient (Wildman–Crippen LogP) is 1.40. The van der Waals surface area contributed by atoms with Crippen molar-refractivity contribution in [3.8, 4) is 0 Å². The summed E-state index contributed by atoms with van der Waals surface area (Å²) in [5, 5.41) is 21.8. The van der Waals surface area contributed by atoms with Crippen LogP contribution in [0.25, 0.3) is 0 Å². The summed E-state index contributed by atoms with van der Waals surface area (Å²) in [6.07, 6.45) is 2.71. The molecule has 0 heterocycles. The first-order valence-corrected chi connectivity index (χ1v) is 9.14. The molecule has 6 nitrogen and oxygen atoms in total. The van der Waals surface area contributed by atoms with Gasteiger partial charge in [0.2, 0.25) is 5.91 Å². The van der Waals surface area contributed by atoms with Crippen LogP contribution in [0.1, 0.15) is 52.9 Å². The molecule has 1 amide bonds. The lowest BCUT2D eigenvalue weighted by Gasteiger charge is -2.65. The van der Waals surface area contributed by atoms with Crippen molar-refractivity contribution < 1.29 is 24.5 Å². The van der Waals surface area contributed by atoms with Gasteiger partial charge in [-0.25, -0.2) is 0 Å². The number of ether oxygens (including phenoxy) is 1. The third-order valence-electron chi connectivity index (χ3n) is 6.47. The molecule has 4 aliphatic rings. The van der Waals surface area contributed by atoms with Gasteiger partial charge < -0.3 is 19.8 Å². The third kappa shape index (κ3) is 2.99. The van der Waals surface area contributed by atoms with Crippen molar-refractivity contribution in [3.63, 3.8) is 0 Å². The monoisotopic (exact) mass is 351 g/mol. The molecule has 0 aromatic heterocycles. The van der Waals surface area contributed by atoms with Crippen LogP contribution in [0.3, 0.4) is 0 Å². The maximum Gasteiger partial charge on any atom is 0.326 e. The second-order valence-electron chi connectivity index (χ2n) is 8.52. The van der Waals surface area contributed by atoms with E-state index in [1.165, 1.54) is 4.90 Å². The zero-order valence-corrected chi connectivity index (χ0v) is 15.4. The fourth-order valence-corrected chi connectivity index (χ4v) is 5.55. The molecule has 5 atom stereocenters. The fourth-order valence-electron chi connectivity index (χ4n) is 5.55. The minimum Gasteiger partial charge on any atom is -0.457 e. The van der Waals surface area contributed by atoms with Crippen LogP contribution in [0.5, 0.6) is 0 Å². The molecule has 6 heteroatoms. The fraction of sp³-hybridized carbons (Fsp3) is 0.789. The Morgan fingerprint density at radius 3 is 2.48 bits per heavy atom. The van der Waals surface area contributed by atoms with Gasteiger partial charge in [-0.3, -0.25) is 9.59 Å². The zero-order chi connectivity index (χ0) is 18.6. The molecule has 0 saturated heterocycles. The molecule has 4 fully saturated rings. The van der Waals surface area contributed by atoms with Gasteiger partial charge in [-0.15, -0.1) is 0 Å². The average molecular weight is 351 g/mol. The number of rotatable bonds is 5. The maximum atomic E-state index is 12.6. The van der Waals surface area contributed by atoms with Gasteiger partial charge in [0.25, 0.3) is 0 Å². The molecule has 2 N–H and O–H groups in total. The first-order valence-electron chi connectivity index (χ1n) is 9.14. The Morgan fingerprint density at radius 2 is 1.92 bits per heavy atom. The van der Waals surface area contributed by atoms with Crippen LogP contribution in [0, 0.1) is 11.8 Å². The van der Waals surface area contributed by atoms with Gasteiger partial charge in [0, 0.05) is 30.9 Å². The number of carbonyl (C=O) groups is 2. The third-order valence-corrected chi connectivity index (χ3v) is 6.47. The summed E-state index contributed by atoms with van der Waals surface area (Å²) in [5.74, 6) is -0.818. The molecule has 140 valence electrons. The van der Waals surface area contributed by atoms with Gasteiger partial charge in [-0.05, 0) is 39.0 Å². The van der Waals surface area contributed by atoms with Crippen molar-refractivity contribution >= 4 is 11.9 Å². The lowest BCUT2D eigenvalue weighted by Crippen LogP contribution is -2.71. The first-order chi connectivity index (χ1) is 11.5. The van der Waals surface area contributed by atoms with Crippen molar-refractivity contribution in [1.82, 2.24) is 4.90 Å². The predicted molar refractivity (Wildman–Crippen MR) is 91.5 cm³/mol. The number of likely N-dealkylation sites (N-methyl/N-ethyl adjacent to an activating group) is 1. The van der Waals surface area contributed by atoms with Crippen molar-refractivity contribution in [2.45, 2.75) is 69.7 Å². The molecule has 4 bridgehead atoms. The highest BCUT2D eigenvalue weighted by molar-refractivity contribution is 5.94. The largest absolute Gasteiger partial charge is 0.457 e. The van der Waals surface area contributed by atoms with Gasteiger partial charge in [-0.1, -0.05) is 13.5 Å². The number of nitrogens with zero attached hydrogens (tertiary/aromatic N) is 1. The lowest BCUT2D eigenvalue weighted by atomic mass is 9.46. The Labute approximate surface area is 148 Å².